The molecule has 4 heteroatoms. The summed E-state index contributed by atoms with van der Waals surface area (Å²) in [7, 11) is 0. The molecule has 0 saturated carbocycles. The molecule has 196 valence electrons. The van der Waals surface area contributed by atoms with Crippen LogP contribution in [0.25, 0.3) is 11.0 Å². The van der Waals surface area contributed by atoms with E-state index in [-0.39, 0.29) is 10.5 Å². The van der Waals surface area contributed by atoms with Gasteiger partial charge in [0.15, 0.2) is 0 Å². The Hall–Kier alpha value is -3.37. The second-order valence-electron chi connectivity index (χ2n) is 10.9. The topological polar surface area (TPSA) is 34.9 Å². The van der Waals surface area contributed by atoms with Crippen LogP contribution in [0.15, 0.2) is 119 Å². The number of nitrogens with zero attached hydrogens (tertiary/aromatic N) is 2. The molecule has 1 aliphatic rings. The quantitative estimate of drug-likeness (QED) is 0.176. The molecule has 0 aliphatic heterocycles. The standard InChI is InChI=1S/C34H38N2OS/c1-24(10-9-11-26(3)22-33(37)38-28-17-14-25(2)15-18-28)16-19-29-27(4)31(20-21-34(29,5)6)36-23-35-30-12-7-8-13-32(30)36/h7-19,22-23,31H,20-21H2,1-6H3/b11-9+,19-16+,24-10+,26-22-. The minimum atomic E-state index is 0.0405. The predicted octanol–water partition coefficient (Wildman–Crippen LogP) is 9.35. The van der Waals surface area contributed by atoms with E-state index in [4.69, 9.17) is 0 Å². The highest BCUT2D eigenvalue weighted by Crippen LogP contribution is 2.46. The smallest absolute Gasteiger partial charge is 0.217 e. The summed E-state index contributed by atoms with van der Waals surface area (Å²) < 4.78 is 2.34. The van der Waals surface area contributed by atoms with Gasteiger partial charge in [0, 0.05) is 4.90 Å². The van der Waals surface area contributed by atoms with E-state index >= 15 is 0 Å². The Bertz CT molecular complexity index is 1460. The largest absolute Gasteiger partial charge is 0.323 e. The Morgan fingerprint density at radius 1 is 1.03 bits per heavy atom. The van der Waals surface area contributed by atoms with Crippen LogP contribution in [0.5, 0.6) is 0 Å². The zero-order valence-electron chi connectivity index (χ0n) is 23.4. The number of thioether (sulfide) groups is 1. The minimum absolute atomic E-state index is 0.0405. The summed E-state index contributed by atoms with van der Waals surface area (Å²) in [6.07, 6.45) is 16.5. The van der Waals surface area contributed by atoms with Gasteiger partial charge in [-0.1, -0.05) is 79.6 Å². The van der Waals surface area contributed by atoms with E-state index < -0.39 is 0 Å². The van der Waals surface area contributed by atoms with E-state index in [2.05, 4.69) is 73.7 Å². The Morgan fingerprint density at radius 3 is 2.53 bits per heavy atom. The minimum Gasteiger partial charge on any atom is -0.323 e. The molecule has 1 atom stereocenters. The molecule has 1 aliphatic carbocycles. The van der Waals surface area contributed by atoms with Gasteiger partial charge in [0.2, 0.25) is 5.12 Å². The van der Waals surface area contributed by atoms with Crippen molar-refractivity contribution in [3.8, 4) is 0 Å². The lowest BCUT2D eigenvalue weighted by Crippen LogP contribution is -2.26. The predicted molar refractivity (Wildman–Crippen MR) is 162 cm³/mol. The lowest BCUT2D eigenvalue weighted by atomic mass is 9.70. The number of aryl methyl sites for hydroxylation is 1. The molecule has 0 saturated heterocycles. The average molecular weight is 523 g/mol. The van der Waals surface area contributed by atoms with Gasteiger partial charge in [-0.05, 0) is 105 Å². The van der Waals surface area contributed by atoms with Crippen molar-refractivity contribution in [1.82, 2.24) is 9.55 Å². The molecule has 0 N–H and O–H groups in total. The van der Waals surface area contributed by atoms with Crippen molar-refractivity contribution in [2.75, 3.05) is 0 Å². The van der Waals surface area contributed by atoms with Gasteiger partial charge in [0.1, 0.15) is 0 Å². The fourth-order valence-electron chi connectivity index (χ4n) is 5.10. The van der Waals surface area contributed by atoms with Crippen LogP contribution >= 0.6 is 11.8 Å². The van der Waals surface area contributed by atoms with Crippen molar-refractivity contribution in [3.63, 3.8) is 0 Å². The Balaban J connectivity index is 1.46. The number of benzene rings is 2. The van der Waals surface area contributed by atoms with E-state index in [1.54, 1.807) is 6.08 Å². The third kappa shape index (κ3) is 6.73. The number of imidazole rings is 1. The van der Waals surface area contributed by atoms with Crippen LogP contribution in [-0.2, 0) is 4.79 Å². The normalized spacial score (nSPS) is 18.7. The summed E-state index contributed by atoms with van der Waals surface area (Å²) in [5.74, 6) is 0. The maximum absolute atomic E-state index is 12.4. The molecule has 0 bridgehead atoms. The van der Waals surface area contributed by atoms with Gasteiger partial charge in [-0.15, -0.1) is 0 Å². The summed E-state index contributed by atoms with van der Waals surface area (Å²) >= 11 is 1.26. The van der Waals surface area contributed by atoms with Crippen molar-refractivity contribution >= 4 is 27.9 Å². The second kappa shape index (κ2) is 12.0. The van der Waals surface area contributed by atoms with Gasteiger partial charge in [-0.2, -0.15) is 0 Å². The third-order valence-electron chi connectivity index (χ3n) is 7.33. The number of hydrogen-bond acceptors (Lipinski definition) is 3. The lowest BCUT2D eigenvalue weighted by molar-refractivity contribution is -0.107. The first-order chi connectivity index (χ1) is 18.1. The number of fused-ring (bicyclic) bond motifs is 1. The van der Waals surface area contributed by atoms with E-state index in [0.29, 0.717) is 6.04 Å². The van der Waals surface area contributed by atoms with Crippen LogP contribution < -0.4 is 0 Å². The molecule has 0 amide bonds. The summed E-state index contributed by atoms with van der Waals surface area (Å²) in [4.78, 5) is 18.0. The van der Waals surface area contributed by atoms with Crippen LogP contribution in [0.4, 0.5) is 0 Å². The summed E-state index contributed by atoms with van der Waals surface area (Å²) in [6, 6.07) is 16.7. The fourth-order valence-corrected chi connectivity index (χ4v) is 5.85. The highest BCUT2D eigenvalue weighted by Gasteiger charge is 2.33. The first-order valence-corrected chi connectivity index (χ1v) is 14.1. The zero-order chi connectivity index (χ0) is 27.3. The van der Waals surface area contributed by atoms with E-state index in [9.17, 15) is 4.79 Å². The molecule has 1 heterocycles. The van der Waals surface area contributed by atoms with Crippen LogP contribution in [0.2, 0.25) is 0 Å². The van der Waals surface area contributed by atoms with Crippen LogP contribution in [0.3, 0.4) is 0 Å². The zero-order valence-corrected chi connectivity index (χ0v) is 24.2. The maximum atomic E-state index is 12.4. The number of allylic oxidation sites excluding steroid dienone is 9. The number of rotatable bonds is 7. The number of hydrogen-bond donors (Lipinski definition) is 0. The number of carbonyl (C=O) groups excluding carboxylic acids is 1. The molecule has 0 spiro atoms. The van der Waals surface area contributed by atoms with E-state index in [1.807, 2.05) is 62.7 Å². The Kier molecular flexibility index (Phi) is 8.73. The molecular formula is C34H38N2OS. The molecule has 1 aromatic heterocycles. The summed E-state index contributed by atoms with van der Waals surface area (Å²) in [5, 5.41) is 0.0405. The highest BCUT2D eigenvalue weighted by molar-refractivity contribution is 8.14. The van der Waals surface area contributed by atoms with Gasteiger partial charge in [-0.25, -0.2) is 4.98 Å². The Morgan fingerprint density at radius 2 is 1.76 bits per heavy atom. The second-order valence-corrected chi connectivity index (χ2v) is 12.0. The molecule has 38 heavy (non-hydrogen) atoms. The van der Waals surface area contributed by atoms with Crippen molar-refractivity contribution in [2.45, 2.75) is 65.3 Å². The molecule has 2 aromatic carbocycles. The number of aromatic nitrogens is 2. The van der Waals surface area contributed by atoms with Crippen LogP contribution in [0.1, 0.15) is 59.1 Å². The van der Waals surface area contributed by atoms with E-state index in [1.165, 1.54) is 39.6 Å². The molecule has 0 fully saturated rings. The molecule has 0 radical (unpaired) electrons. The van der Waals surface area contributed by atoms with Gasteiger partial charge >= 0.3 is 0 Å². The van der Waals surface area contributed by atoms with Crippen molar-refractivity contribution in [1.29, 1.82) is 0 Å². The molecule has 3 nitrogen and oxygen atoms in total. The van der Waals surface area contributed by atoms with Gasteiger partial charge < -0.3 is 4.57 Å². The first kappa shape index (κ1) is 27.7. The average Bonchev–Trinajstić information content (AvgIpc) is 3.29. The maximum Gasteiger partial charge on any atom is 0.217 e. The third-order valence-corrected chi connectivity index (χ3v) is 8.16. The van der Waals surface area contributed by atoms with Gasteiger partial charge in [0.25, 0.3) is 0 Å². The van der Waals surface area contributed by atoms with Gasteiger partial charge in [-0.3, -0.25) is 4.79 Å². The molecular weight excluding hydrogens is 484 g/mol. The summed E-state index contributed by atoms with van der Waals surface area (Å²) in [6.45, 7) is 13.1. The van der Waals surface area contributed by atoms with E-state index in [0.717, 1.165) is 28.8 Å². The monoisotopic (exact) mass is 522 g/mol. The molecule has 4 rings (SSSR count). The molecule has 1 unspecified atom stereocenters. The highest BCUT2D eigenvalue weighted by atomic mass is 32.2. The first-order valence-electron chi connectivity index (χ1n) is 13.3. The number of carbonyl (C=O) groups is 1. The van der Waals surface area contributed by atoms with Crippen molar-refractivity contribution < 1.29 is 4.79 Å². The lowest BCUT2D eigenvalue weighted by Gasteiger charge is -2.38. The fraction of sp³-hybridized carbons (Fsp3) is 0.294. The Labute approximate surface area is 231 Å². The van der Waals surface area contributed by atoms with Crippen molar-refractivity contribution in [3.05, 3.63) is 119 Å². The van der Waals surface area contributed by atoms with Gasteiger partial charge in [0.05, 0.1) is 23.4 Å². The van der Waals surface area contributed by atoms with Crippen LogP contribution in [-0.4, -0.2) is 14.7 Å². The SMILES string of the molecule is CC1=C(/C=C/C(C)=C/C=C/C(C)=C\C(=O)Sc2ccc(C)cc2)C(C)(C)CCC1n1cnc2ccccc21. The summed E-state index contributed by atoms with van der Waals surface area (Å²) in [5.41, 5.74) is 8.47. The van der Waals surface area contributed by atoms with Crippen molar-refractivity contribution in [2.24, 2.45) is 5.41 Å². The van der Waals surface area contributed by atoms with Crippen LogP contribution in [0, 0.1) is 12.3 Å². The number of para-hydroxylation sites is 2. The molecule has 3 aromatic rings.